The Morgan fingerprint density at radius 3 is 1.97 bits per heavy atom. The molecule has 174 valence electrons. The summed E-state index contributed by atoms with van der Waals surface area (Å²) < 4.78 is 43.5. The highest BCUT2D eigenvalue weighted by molar-refractivity contribution is 6.12. The van der Waals surface area contributed by atoms with E-state index in [1.54, 1.807) is 10.6 Å². The summed E-state index contributed by atoms with van der Waals surface area (Å²) in [4.78, 5) is 3.45. The van der Waals surface area contributed by atoms with Gasteiger partial charge in [0, 0.05) is 32.6 Å². The third kappa shape index (κ3) is 3.06. The van der Waals surface area contributed by atoms with Crippen LogP contribution in [0.5, 0.6) is 0 Å². The molecule has 0 aliphatic heterocycles. The molecule has 2 nitrogen and oxygen atoms in total. The van der Waals surface area contributed by atoms with Crippen LogP contribution in [0.25, 0.3) is 60.4 Å². The molecular formula is C31H19F3N2. The molecule has 0 bridgehead atoms. The lowest BCUT2D eigenvalue weighted by atomic mass is 10.0. The highest BCUT2D eigenvalue weighted by atomic mass is 19.4. The summed E-state index contributed by atoms with van der Waals surface area (Å²) in [5, 5.41) is 4.14. The van der Waals surface area contributed by atoms with Crippen molar-refractivity contribution in [1.82, 2.24) is 9.55 Å². The van der Waals surface area contributed by atoms with E-state index >= 15 is 0 Å². The van der Waals surface area contributed by atoms with E-state index < -0.39 is 11.7 Å². The summed E-state index contributed by atoms with van der Waals surface area (Å²) in [5.74, 6) is 0. The summed E-state index contributed by atoms with van der Waals surface area (Å²) >= 11 is 0. The third-order valence-electron chi connectivity index (χ3n) is 6.96. The molecular weight excluding hydrogens is 457 g/mol. The molecule has 2 aromatic heterocycles. The molecule has 1 N–H and O–H groups in total. The Kier molecular flexibility index (Phi) is 4.33. The van der Waals surface area contributed by atoms with Gasteiger partial charge in [0.15, 0.2) is 0 Å². The first-order valence-electron chi connectivity index (χ1n) is 11.7. The van der Waals surface area contributed by atoms with Crippen molar-refractivity contribution in [2.75, 3.05) is 0 Å². The van der Waals surface area contributed by atoms with E-state index in [-0.39, 0.29) is 5.69 Å². The summed E-state index contributed by atoms with van der Waals surface area (Å²) in [6.45, 7) is 0. The zero-order valence-corrected chi connectivity index (χ0v) is 19.0. The maximum atomic E-state index is 13.9. The number of aromatic nitrogens is 2. The smallest absolute Gasteiger partial charge is 0.355 e. The summed E-state index contributed by atoms with van der Waals surface area (Å²) in [6, 6.07) is 33.9. The minimum atomic E-state index is -4.46. The first-order valence-corrected chi connectivity index (χ1v) is 11.7. The summed E-state index contributed by atoms with van der Waals surface area (Å²) in [7, 11) is 0. The molecule has 0 fully saturated rings. The summed E-state index contributed by atoms with van der Waals surface area (Å²) in [6.07, 6.45) is -4.46. The van der Waals surface area contributed by atoms with Crippen LogP contribution in [0.3, 0.4) is 0 Å². The van der Waals surface area contributed by atoms with Crippen molar-refractivity contribution >= 4 is 43.6 Å². The van der Waals surface area contributed by atoms with Gasteiger partial charge >= 0.3 is 6.18 Å². The largest absolute Gasteiger partial charge is 0.418 e. The van der Waals surface area contributed by atoms with Crippen LogP contribution in [0.1, 0.15) is 5.56 Å². The van der Waals surface area contributed by atoms with Crippen molar-refractivity contribution in [2.45, 2.75) is 6.18 Å². The molecule has 0 aliphatic carbocycles. The fraction of sp³-hybridized carbons (Fsp3) is 0.0323. The number of halogens is 3. The highest BCUT2D eigenvalue weighted by Crippen LogP contribution is 2.40. The zero-order valence-electron chi connectivity index (χ0n) is 19.0. The van der Waals surface area contributed by atoms with Crippen molar-refractivity contribution in [2.24, 2.45) is 0 Å². The Balaban J connectivity index is 1.48. The van der Waals surface area contributed by atoms with Crippen LogP contribution in [0, 0.1) is 0 Å². The number of benzene rings is 5. The second kappa shape index (κ2) is 7.49. The lowest BCUT2D eigenvalue weighted by Crippen LogP contribution is -2.10. The molecule has 0 spiro atoms. The standard InChI is InChI=1S/C31H19F3N2/c32-31(33,34)25-9-3-6-12-30(25)36-28-11-5-2-8-22(28)24-18-20(14-16-29(24)36)19-13-15-27-23(17-19)21-7-1-4-10-26(21)35-27/h1-18,35H. The lowest BCUT2D eigenvalue weighted by Gasteiger charge is -2.15. The van der Waals surface area contributed by atoms with Gasteiger partial charge in [0.05, 0.1) is 22.3 Å². The number of nitrogens with zero attached hydrogens (tertiary/aromatic N) is 1. The van der Waals surface area contributed by atoms with E-state index in [1.165, 1.54) is 12.1 Å². The van der Waals surface area contributed by atoms with Gasteiger partial charge in [0.2, 0.25) is 0 Å². The van der Waals surface area contributed by atoms with Crippen LogP contribution in [0.2, 0.25) is 0 Å². The van der Waals surface area contributed by atoms with Gasteiger partial charge in [-0.3, -0.25) is 0 Å². The predicted octanol–water partition coefficient (Wildman–Crippen LogP) is 9.10. The van der Waals surface area contributed by atoms with Crippen molar-refractivity contribution < 1.29 is 13.2 Å². The van der Waals surface area contributed by atoms with Gasteiger partial charge in [-0.1, -0.05) is 60.7 Å². The molecule has 0 aliphatic rings. The molecule has 7 rings (SSSR count). The Hall–Kier alpha value is -4.51. The Morgan fingerprint density at radius 2 is 1.14 bits per heavy atom. The lowest BCUT2D eigenvalue weighted by molar-refractivity contribution is -0.137. The number of aromatic amines is 1. The third-order valence-corrected chi connectivity index (χ3v) is 6.96. The second-order valence-corrected chi connectivity index (χ2v) is 9.03. The van der Waals surface area contributed by atoms with Crippen LogP contribution in [0.4, 0.5) is 13.2 Å². The quantitative estimate of drug-likeness (QED) is 0.257. The Labute approximate surface area is 204 Å². The number of nitrogens with one attached hydrogen (secondary N) is 1. The van der Waals surface area contributed by atoms with Gasteiger partial charge in [-0.25, -0.2) is 0 Å². The number of para-hydroxylation sites is 3. The molecule has 5 aromatic carbocycles. The number of alkyl halides is 3. The average Bonchev–Trinajstić information content (AvgIpc) is 3.43. The highest BCUT2D eigenvalue weighted by Gasteiger charge is 2.34. The average molecular weight is 477 g/mol. The molecule has 0 saturated carbocycles. The molecule has 0 amide bonds. The van der Waals surface area contributed by atoms with E-state index in [2.05, 4.69) is 41.4 Å². The SMILES string of the molecule is FC(F)(F)c1ccccc1-n1c2ccccc2c2cc(-c3ccc4[nH]c5ccccc5c4c3)ccc21. The van der Waals surface area contributed by atoms with Crippen LogP contribution in [-0.4, -0.2) is 9.55 Å². The van der Waals surface area contributed by atoms with Gasteiger partial charge in [-0.2, -0.15) is 13.2 Å². The first-order chi connectivity index (χ1) is 17.5. The van der Waals surface area contributed by atoms with Gasteiger partial charge in [-0.15, -0.1) is 0 Å². The molecule has 36 heavy (non-hydrogen) atoms. The normalized spacial score (nSPS) is 12.3. The molecule has 7 aromatic rings. The fourth-order valence-electron chi connectivity index (χ4n) is 5.35. The van der Waals surface area contributed by atoms with Crippen molar-refractivity contribution in [3.8, 4) is 16.8 Å². The molecule has 0 unspecified atom stereocenters. The number of hydrogen-bond donors (Lipinski definition) is 1. The zero-order chi connectivity index (χ0) is 24.4. The molecule has 0 saturated heterocycles. The summed E-state index contributed by atoms with van der Waals surface area (Å²) in [5.41, 5.74) is 5.19. The Morgan fingerprint density at radius 1 is 0.528 bits per heavy atom. The predicted molar refractivity (Wildman–Crippen MR) is 141 cm³/mol. The Bertz CT molecular complexity index is 1940. The van der Waals surface area contributed by atoms with Gasteiger partial charge in [0.1, 0.15) is 0 Å². The van der Waals surface area contributed by atoms with E-state index in [9.17, 15) is 13.2 Å². The fourth-order valence-corrected chi connectivity index (χ4v) is 5.35. The maximum absolute atomic E-state index is 13.9. The molecule has 5 heteroatoms. The van der Waals surface area contributed by atoms with Gasteiger partial charge in [0.25, 0.3) is 0 Å². The van der Waals surface area contributed by atoms with Gasteiger partial charge in [-0.05, 0) is 59.7 Å². The van der Waals surface area contributed by atoms with Crippen molar-refractivity contribution in [1.29, 1.82) is 0 Å². The molecule has 0 atom stereocenters. The van der Waals surface area contributed by atoms with Crippen LogP contribution in [0.15, 0.2) is 109 Å². The molecule has 2 heterocycles. The van der Waals surface area contributed by atoms with Crippen LogP contribution >= 0.6 is 0 Å². The van der Waals surface area contributed by atoms with E-state index in [0.717, 1.165) is 60.8 Å². The van der Waals surface area contributed by atoms with E-state index in [0.29, 0.717) is 0 Å². The van der Waals surface area contributed by atoms with Crippen molar-refractivity contribution in [3.05, 3.63) is 115 Å². The van der Waals surface area contributed by atoms with E-state index in [4.69, 9.17) is 0 Å². The topological polar surface area (TPSA) is 20.7 Å². The van der Waals surface area contributed by atoms with E-state index in [1.807, 2.05) is 48.5 Å². The second-order valence-electron chi connectivity index (χ2n) is 9.03. The number of H-pyrrole nitrogens is 1. The monoisotopic (exact) mass is 476 g/mol. The van der Waals surface area contributed by atoms with Gasteiger partial charge < -0.3 is 9.55 Å². The number of hydrogen-bond acceptors (Lipinski definition) is 0. The molecule has 0 radical (unpaired) electrons. The number of rotatable bonds is 2. The maximum Gasteiger partial charge on any atom is 0.418 e. The minimum Gasteiger partial charge on any atom is -0.355 e. The first kappa shape index (κ1) is 20.8. The van der Waals surface area contributed by atoms with Crippen LogP contribution < -0.4 is 0 Å². The number of fused-ring (bicyclic) bond motifs is 6. The minimum absolute atomic E-state index is 0.129. The van der Waals surface area contributed by atoms with Crippen molar-refractivity contribution in [3.63, 3.8) is 0 Å². The van der Waals surface area contributed by atoms with Crippen LogP contribution in [-0.2, 0) is 6.18 Å².